The third-order valence-corrected chi connectivity index (χ3v) is 4.02. The van der Waals surface area contributed by atoms with Gasteiger partial charge in [-0.3, -0.25) is 9.59 Å². The van der Waals surface area contributed by atoms with E-state index in [9.17, 15) is 9.59 Å². The van der Waals surface area contributed by atoms with Gasteiger partial charge < -0.3 is 4.98 Å². The average Bonchev–Trinajstić information content (AvgIpc) is 2.91. The number of aromatic amines is 1. The van der Waals surface area contributed by atoms with E-state index in [-0.39, 0.29) is 16.7 Å². The van der Waals surface area contributed by atoms with Crippen LogP contribution in [0.25, 0.3) is 10.9 Å². The molecule has 0 amide bonds. The Labute approximate surface area is 126 Å². The van der Waals surface area contributed by atoms with Gasteiger partial charge >= 0.3 is 0 Å². The van der Waals surface area contributed by atoms with Gasteiger partial charge in [-0.15, -0.1) is 0 Å². The Kier molecular flexibility index (Phi) is 3.88. The fourth-order valence-electron chi connectivity index (χ4n) is 2.21. The van der Waals surface area contributed by atoms with Gasteiger partial charge in [-0.25, -0.2) is 0 Å². The van der Waals surface area contributed by atoms with Gasteiger partial charge in [0.05, 0.1) is 0 Å². The van der Waals surface area contributed by atoms with Crippen LogP contribution in [0.1, 0.15) is 15.9 Å². The highest BCUT2D eigenvalue weighted by Crippen LogP contribution is 2.21. The summed E-state index contributed by atoms with van der Waals surface area (Å²) in [5.74, 6) is 0. The second-order valence-corrected chi connectivity index (χ2v) is 5.69. The maximum Gasteiger partial charge on any atom is 0.226 e. The molecule has 0 spiro atoms. The smallest absolute Gasteiger partial charge is 0.226 e. The van der Waals surface area contributed by atoms with Crippen molar-refractivity contribution in [2.75, 3.05) is 0 Å². The van der Waals surface area contributed by atoms with Crippen LogP contribution in [-0.2, 0) is 11.2 Å². The van der Waals surface area contributed by atoms with Crippen molar-refractivity contribution in [3.05, 3.63) is 71.9 Å². The molecule has 21 heavy (non-hydrogen) atoms. The summed E-state index contributed by atoms with van der Waals surface area (Å²) < 4.78 is 0. The van der Waals surface area contributed by atoms with Crippen molar-refractivity contribution >= 4 is 32.9 Å². The Hall–Kier alpha value is -2.33. The number of H-pyrrole nitrogens is 1. The molecule has 0 bridgehead atoms. The summed E-state index contributed by atoms with van der Waals surface area (Å²) in [4.78, 5) is 27.2. The number of fused-ring (bicyclic) bond motifs is 1. The molecule has 3 nitrogen and oxygen atoms in total. The van der Waals surface area contributed by atoms with Crippen molar-refractivity contribution in [1.82, 2.24) is 4.98 Å². The number of nitrogens with one attached hydrogen (secondary N) is 1. The molecule has 0 aliphatic rings. The van der Waals surface area contributed by atoms with Gasteiger partial charge in [0, 0.05) is 29.1 Å². The highest BCUT2D eigenvalue weighted by atomic mass is 32.2. The molecule has 0 aliphatic carbocycles. The molecule has 0 aliphatic heterocycles. The topological polar surface area (TPSA) is 49.9 Å². The molecule has 2 aromatic carbocycles. The molecule has 4 heteroatoms. The van der Waals surface area contributed by atoms with E-state index in [2.05, 4.69) is 4.98 Å². The standard InChI is InChI=1S/C17H13NO2S/c19-16(21-17(20)12-6-2-1-3-7-12)10-13-11-18-15-9-5-4-8-14(13)15/h1-9,11,18H,10H2. The Bertz CT molecular complexity index is 793. The summed E-state index contributed by atoms with van der Waals surface area (Å²) in [6.45, 7) is 0. The molecule has 0 radical (unpaired) electrons. The number of hydrogen-bond acceptors (Lipinski definition) is 3. The average molecular weight is 295 g/mol. The molecule has 3 rings (SSSR count). The van der Waals surface area contributed by atoms with Crippen LogP contribution >= 0.6 is 11.8 Å². The molecule has 0 atom stereocenters. The van der Waals surface area contributed by atoms with Gasteiger partial charge in [0.25, 0.3) is 0 Å². The number of thioether (sulfide) groups is 1. The van der Waals surface area contributed by atoms with Crippen molar-refractivity contribution in [3.8, 4) is 0 Å². The van der Waals surface area contributed by atoms with Crippen molar-refractivity contribution in [2.24, 2.45) is 0 Å². The van der Waals surface area contributed by atoms with Gasteiger partial charge in [0.2, 0.25) is 10.2 Å². The maximum atomic E-state index is 12.1. The zero-order valence-corrected chi connectivity index (χ0v) is 12.0. The van der Waals surface area contributed by atoms with E-state index in [0.29, 0.717) is 5.56 Å². The molecular weight excluding hydrogens is 282 g/mol. The molecule has 1 heterocycles. The lowest BCUT2D eigenvalue weighted by atomic mass is 10.1. The SMILES string of the molecule is O=C(Cc1c[nH]c2ccccc12)SC(=O)c1ccccc1. The number of carbonyl (C=O) groups is 2. The largest absolute Gasteiger partial charge is 0.361 e. The van der Waals surface area contributed by atoms with E-state index in [1.165, 1.54) is 0 Å². The Balaban J connectivity index is 1.71. The first-order chi connectivity index (χ1) is 10.2. The van der Waals surface area contributed by atoms with Crippen molar-refractivity contribution in [2.45, 2.75) is 6.42 Å². The summed E-state index contributed by atoms with van der Waals surface area (Å²) in [6.07, 6.45) is 2.07. The molecule has 3 aromatic rings. The number of benzene rings is 2. The van der Waals surface area contributed by atoms with E-state index >= 15 is 0 Å². The second-order valence-electron chi connectivity index (χ2n) is 4.66. The third kappa shape index (κ3) is 3.06. The van der Waals surface area contributed by atoms with Crippen molar-refractivity contribution in [3.63, 3.8) is 0 Å². The number of hydrogen-bond donors (Lipinski definition) is 1. The lowest BCUT2D eigenvalue weighted by molar-refractivity contribution is -0.110. The van der Waals surface area contributed by atoms with E-state index in [4.69, 9.17) is 0 Å². The Morgan fingerprint density at radius 2 is 1.67 bits per heavy atom. The lowest BCUT2D eigenvalue weighted by Gasteiger charge is -2.00. The Morgan fingerprint density at radius 3 is 2.48 bits per heavy atom. The minimum Gasteiger partial charge on any atom is -0.361 e. The fourth-order valence-corrected chi connectivity index (χ4v) is 2.89. The van der Waals surface area contributed by atoms with E-state index in [1.54, 1.807) is 24.3 Å². The normalized spacial score (nSPS) is 10.7. The summed E-state index contributed by atoms with van der Waals surface area (Å²) in [7, 11) is 0. The molecule has 104 valence electrons. The number of para-hydroxylation sites is 1. The van der Waals surface area contributed by atoms with Crippen LogP contribution in [0.5, 0.6) is 0 Å². The van der Waals surface area contributed by atoms with Crippen LogP contribution in [0.3, 0.4) is 0 Å². The predicted molar refractivity (Wildman–Crippen MR) is 85.4 cm³/mol. The first-order valence-corrected chi connectivity index (χ1v) is 7.41. The van der Waals surface area contributed by atoms with Gasteiger partial charge in [-0.2, -0.15) is 0 Å². The zero-order valence-electron chi connectivity index (χ0n) is 11.2. The van der Waals surface area contributed by atoms with Crippen LogP contribution in [0.15, 0.2) is 60.8 Å². The first-order valence-electron chi connectivity index (χ1n) is 6.59. The highest BCUT2D eigenvalue weighted by Gasteiger charge is 2.14. The number of aromatic nitrogens is 1. The lowest BCUT2D eigenvalue weighted by Crippen LogP contribution is -2.03. The van der Waals surface area contributed by atoms with E-state index in [1.807, 2.05) is 36.5 Å². The predicted octanol–water partition coefficient (Wildman–Crippen LogP) is 3.81. The molecule has 1 N–H and O–H groups in total. The summed E-state index contributed by atoms with van der Waals surface area (Å²) >= 11 is 0.768. The molecule has 0 unspecified atom stereocenters. The minimum absolute atomic E-state index is 0.145. The monoisotopic (exact) mass is 295 g/mol. The van der Waals surface area contributed by atoms with Gasteiger partial charge in [-0.05, 0) is 23.4 Å². The molecule has 0 fully saturated rings. The molecular formula is C17H13NO2S. The van der Waals surface area contributed by atoms with Crippen LogP contribution < -0.4 is 0 Å². The summed E-state index contributed by atoms with van der Waals surface area (Å²) in [6, 6.07) is 16.7. The highest BCUT2D eigenvalue weighted by molar-refractivity contribution is 8.26. The van der Waals surface area contributed by atoms with Crippen LogP contribution in [0, 0.1) is 0 Å². The number of rotatable bonds is 3. The van der Waals surface area contributed by atoms with Gasteiger partial charge in [-0.1, -0.05) is 48.5 Å². The Morgan fingerprint density at radius 1 is 0.952 bits per heavy atom. The zero-order chi connectivity index (χ0) is 14.7. The summed E-state index contributed by atoms with van der Waals surface area (Å²) in [5, 5.41) is 0.674. The first kappa shape index (κ1) is 13.6. The van der Waals surface area contributed by atoms with Crippen molar-refractivity contribution < 1.29 is 9.59 Å². The maximum absolute atomic E-state index is 12.1. The summed E-state index contributed by atoms with van der Waals surface area (Å²) in [5.41, 5.74) is 2.47. The number of carbonyl (C=O) groups excluding carboxylic acids is 2. The molecule has 1 aromatic heterocycles. The van der Waals surface area contributed by atoms with Crippen LogP contribution in [0.4, 0.5) is 0 Å². The molecule has 0 saturated carbocycles. The third-order valence-electron chi connectivity index (χ3n) is 3.23. The van der Waals surface area contributed by atoms with Gasteiger partial charge in [0.1, 0.15) is 0 Å². The fraction of sp³-hybridized carbons (Fsp3) is 0.0588. The van der Waals surface area contributed by atoms with Crippen LogP contribution in [-0.4, -0.2) is 15.2 Å². The van der Waals surface area contributed by atoms with E-state index < -0.39 is 0 Å². The van der Waals surface area contributed by atoms with Crippen LogP contribution in [0.2, 0.25) is 0 Å². The van der Waals surface area contributed by atoms with Crippen molar-refractivity contribution in [1.29, 1.82) is 0 Å². The van der Waals surface area contributed by atoms with E-state index in [0.717, 1.165) is 28.2 Å². The molecule has 0 saturated heterocycles. The van der Waals surface area contributed by atoms with Gasteiger partial charge in [0.15, 0.2) is 0 Å². The second kappa shape index (κ2) is 5.97. The quantitative estimate of drug-likeness (QED) is 0.799. The minimum atomic E-state index is -0.208.